The second-order valence-corrected chi connectivity index (χ2v) is 4.12. The van der Waals surface area contributed by atoms with Crippen molar-refractivity contribution in [3.05, 3.63) is 24.4 Å². The first-order valence-corrected chi connectivity index (χ1v) is 5.82. The van der Waals surface area contributed by atoms with Gasteiger partial charge in [-0.25, -0.2) is 15.1 Å². The number of aromatic nitrogens is 6. The summed E-state index contributed by atoms with van der Waals surface area (Å²) in [6.07, 6.45) is 5.09. The van der Waals surface area contributed by atoms with Crippen molar-refractivity contribution in [3.8, 4) is 0 Å². The Balaban J connectivity index is 1.78. The molecule has 2 aromatic rings. The molecular formula is C10H13N8. The molecule has 8 nitrogen and oxygen atoms in total. The topological polar surface area (TPSA) is 95.5 Å². The largest absolute Gasteiger partial charge is 0.351 e. The maximum atomic E-state index is 4.18. The van der Waals surface area contributed by atoms with E-state index < -0.39 is 0 Å². The van der Waals surface area contributed by atoms with Crippen LogP contribution in [0.25, 0.3) is 0 Å². The van der Waals surface area contributed by atoms with Crippen molar-refractivity contribution in [2.24, 2.45) is 0 Å². The third-order valence-corrected chi connectivity index (χ3v) is 2.98. The number of tetrazole rings is 1. The van der Waals surface area contributed by atoms with E-state index in [0.29, 0.717) is 0 Å². The first-order valence-electron chi connectivity index (χ1n) is 5.82. The Morgan fingerprint density at radius 3 is 3.28 bits per heavy atom. The smallest absolute Gasteiger partial charge is 0.199 e. The van der Waals surface area contributed by atoms with Crippen LogP contribution in [0.15, 0.2) is 12.3 Å². The van der Waals surface area contributed by atoms with Gasteiger partial charge in [-0.1, -0.05) is 0 Å². The molecule has 18 heavy (non-hydrogen) atoms. The lowest BCUT2D eigenvalue weighted by molar-refractivity contribution is 0.463. The van der Waals surface area contributed by atoms with E-state index in [1.165, 1.54) is 0 Å². The van der Waals surface area contributed by atoms with Crippen molar-refractivity contribution < 1.29 is 0 Å². The second-order valence-electron chi connectivity index (χ2n) is 4.12. The molecule has 1 saturated heterocycles. The van der Waals surface area contributed by atoms with Crippen LogP contribution in [0.2, 0.25) is 0 Å². The van der Waals surface area contributed by atoms with Gasteiger partial charge in [-0.05, 0) is 16.5 Å². The molecule has 93 valence electrons. The monoisotopic (exact) mass is 245 g/mol. The molecule has 1 radical (unpaired) electrons. The molecule has 0 saturated carbocycles. The molecule has 0 amide bonds. The quantitative estimate of drug-likeness (QED) is 0.702. The molecule has 1 aliphatic rings. The van der Waals surface area contributed by atoms with Gasteiger partial charge in [-0.15, -0.1) is 5.10 Å². The van der Waals surface area contributed by atoms with Gasteiger partial charge in [0, 0.05) is 32.3 Å². The summed E-state index contributed by atoms with van der Waals surface area (Å²) in [6.45, 7) is 2.72. The SMILES string of the molecule is [c]1nccc(N2CCNCC2Cc2nnn[nH]2)n1. The lowest BCUT2D eigenvalue weighted by atomic mass is 10.1. The summed E-state index contributed by atoms with van der Waals surface area (Å²) in [5, 5.41) is 17.3. The highest BCUT2D eigenvalue weighted by Crippen LogP contribution is 2.16. The molecule has 0 spiro atoms. The molecular weight excluding hydrogens is 232 g/mol. The minimum atomic E-state index is 0.275. The van der Waals surface area contributed by atoms with Gasteiger partial charge in [-0.3, -0.25) is 0 Å². The van der Waals surface area contributed by atoms with Crippen LogP contribution in [0.4, 0.5) is 5.82 Å². The van der Waals surface area contributed by atoms with E-state index in [1.54, 1.807) is 6.20 Å². The number of rotatable bonds is 3. The van der Waals surface area contributed by atoms with Crippen LogP contribution in [0.3, 0.4) is 0 Å². The molecule has 0 aliphatic carbocycles. The first-order chi connectivity index (χ1) is 8.93. The van der Waals surface area contributed by atoms with Gasteiger partial charge in [0.05, 0.1) is 6.04 Å². The molecule has 1 unspecified atom stereocenters. The normalized spacial score (nSPS) is 20.0. The Kier molecular flexibility index (Phi) is 3.09. The van der Waals surface area contributed by atoms with Crippen molar-refractivity contribution in [2.45, 2.75) is 12.5 Å². The van der Waals surface area contributed by atoms with Crippen LogP contribution in [0.1, 0.15) is 5.82 Å². The molecule has 1 aliphatic heterocycles. The van der Waals surface area contributed by atoms with E-state index in [1.807, 2.05) is 6.07 Å². The zero-order chi connectivity index (χ0) is 12.2. The highest BCUT2D eigenvalue weighted by Gasteiger charge is 2.24. The van der Waals surface area contributed by atoms with Crippen LogP contribution >= 0.6 is 0 Å². The number of H-pyrrole nitrogens is 1. The predicted molar refractivity (Wildman–Crippen MR) is 62.8 cm³/mol. The van der Waals surface area contributed by atoms with Crippen molar-refractivity contribution in [3.63, 3.8) is 0 Å². The zero-order valence-corrected chi connectivity index (χ0v) is 9.74. The number of nitrogens with zero attached hydrogens (tertiary/aromatic N) is 6. The van der Waals surface area contributed by atoms with Crippen LogP contribution in [0.5, 0.6) is 0 Å². The average molecular weight is 245 g/mol. The van der Waals surface area contributed by atoms with Crippen molar-refractivity contribution in [1.29, 1.82) is 0 Å². The van der Waals surface area contributed by atoms with Gasteiger partial charge in [0.15, 0.2) is 12.2 Å². The van der Waals surface area contributed by atoms with Gasteiger partial charge >= 0.3 is 0 Å². The number of anilines is 1. The summed E-state index contributed by atoms with van der Waals surface area (Å²) in [7, 11) is 0. The zero-order valence-electron chi connectivity index (χ0n) is 9.74. The fourth-order valence-electron chi connectivity index (χ4n) is 2.15. The Morgan fingerprint density at radius 2 is 2.50 bits per heavy atom. The summed E-state index contributed by atoms with van der Waals surface area (Å²) >= 11 is 0. The summed E-state index contributed by atoms with van der Waals surface area (Å²) in [5.74, 6) is 1.68. The van der Waals surface area contributed by atoms with E-state index in [9.17, 15) is 0 Å². The van der Waals surface area contributed by atoms with Gasteiger partial charge in [-0.2, -0.15) is 0 Å². The Bertz CT molecular complexity index is 470. The van der Waals surface area contributed by atoms with Crippen molar-refractivity contribution in [1.82, 2.24) is 35.9 Å². The minimum absolute atomic E-state index is 0.275. The van der Waals surface area contributed by atoms with E-state index in [2.05, 4.69) is 47.1 Å². The maximum Gasteiger partial charge on any atom is 0.199 e. The van der Waals surface area contributed by atoms with Gasteiger partial charge in [0.1, 0.15) is 5.82 Å². The van der Waals surface area contributed by atoms with Crippen molar-refractivity contribution in [2.75, 3.05) is 24.5 Å². The first kappa shape index (κ1) is 11.0. The number of nitrogens with one attached hydrogen (secondary N) is 2. The summed E-state index contributed by atoms with van der Waals surface area (Å²) < 4.78 is 0. The predicted octanol–water partition coefficient (Wildman–Crippen LogP) is -1.19. The lowest BCUT2D eigenvalue weighted by Gasteiger charge is -2.36. The molecule has 1 fully saturated rings. The number of piperazine rings is 1. The Hall–Kier alpha value is -2.09. The third-order valence-electron chi connectivity index (χ3n) is 2.98. The average Bonchev–Trinajstić information content (AvgIpc) is 2.93. The Labute approximate surface area is 104 Å². The molecule has 8 heteroatoms. The summed E-state index contributed by atoms with van der Waals surface area (Å²) in [5.41, 5.74) is 0. The maximum absolute atomic E-state index is 4.18. The molecule has 2 N–H and O–H groups in total. The number of aromatic amines is 1. The molecule has 3 rings (SSSR count). The standard InChI is InChI=1S/C10H13N8/c1-2-12-7-13-10(1)18-4-3-11-6-8(18)5-9-14-16-17-15-9/h1-2,8,11H,3-6H2,(H,14,15,16,17). The minimum Gasteiger partial charge on any atom is -0.351 e. The number of hydrogen-bond donors (Lipinski definition) is 2. The molecule has 0 bridgehead atoms. The summed E-state index contributed by atoms with van der Waals surface area (Å²) in [4.78, 5) is 10.2. The fraction of sp³-hybridized carbons (Fsp3) is 0.500. The van der Waals surface area contributed by atoms with Crippen LogP contribution in [-0.2, 0) is 6.42 Å². The van der Waals surface area contributed by atoms with Gasteiger partial charge in [0.25, 0.3) is 0 Å². The highest BCUT2D eigenvalue weighted by atomic mass is 15.5. The van der Waals surface area contributed by atoms with E-state index >= 15 is 0 Å². The number of hydrogen-bond acceptors (Lipinski definition) is 7. The fourth-order valence-corrected chi connectivity index (χ4v) is 2.15. The molecule has 2 aromatic heterocycles. The van der Waals surface area contributed by atoms with Gasteiger partial charge in [0.2, 0.25) is 0 Å². The van der Waals surface area contributed by atoms with Crippen molar-refractivity contribution >= 4 is 5.82 Å². The lowest BCUT2D eigenvalue weighted by Crippen LogP contribution is -2.52. The van der Waals surface area contributed by atoms with Crippen LogP contribution in [-0.4, -0.2) is 56.3 Å². The third kappa shape index (κ3) is 2.28. The molecule has 0 aromatic carbocycles. The Morgan fingerprint density at radius 1 is 1.50 bits per heavy atom. The van der Waals surface area contributed by atoms with Gasteiger partial charge < -0.3 is 10.2 Å². The summed E-state index contributed by atoms with van der Waals surface area (Å²) in [6, 6.07) is 2.17. The molecule has 1 atom stereocenters. The second kappa shape index (κ2) is 5.05. The van der Waals surface area contributed by atoms with E-state index in [4.69, 9.17) is 0 Å². The highest BCUT2D eigenvalue weighted by molar-refractivity contribution is 5.39. The van der Waals surface area contributed by atoms with E-state index in [-0.39, 0.29) is 6.04 Å². The van der Waals surface area contributed by atoms with Crippen LogP contribution < -0.4 is 10.2 Å². The van der Waals surface area contributed by atoms with Crippen LogP contribution in [0, 0.1) is 6.33 Å². The van der Waals surface area contributed by atoms with E-state index in [0.717, 1.165) is 37.7 Å². The molecule has 3 heterocycles.